The van der Waals surface area contributed by atoms with Crippen molar-refractivity contribution in [3.8, 4) is 0 Å². The van der Waals surface area contributed by atoms with Gasteiger partial charge in [0.25, 0.3) is 15.7 Å². The number of hydrogen-bond acceptors (Lipinski definition) is 6. The third-order valence-corrected chi connectivity index (χ3v) is 6.39. The average molecular weight is 420 g/mol. The molecule has 1 saturated heterocycles. The molecule has 0 radical (unpaired) electrons. The Hall–Kier alpha value is -1.07. The Bertz CT molecular complexity index is 849. The predicted octanol–water partition coefficient (Wildman–Crippen LogP) is 2.24. The minimum absolute atomic E-state index is 0.0440. The van der Waals surface area contributed by atoms with Crippen LogP contribution in [0.3, 0.4) is 0 Å². The van der Waals surface area contributed by atoms with Crippen LogP contribution in [0, 0.1) is 16.6 Å². The highest BCUT2D eigenvalue weighted by Gasteiger charge is 2.32. The van der Waals surface area contributed by atoms with Crippen molar-refractivity contribution >= 4 is 22.3 Å². The van der Waals surface area contributed by atoms with E-state index in [1.54, 1.807) is 10.8 Å². The maximum Gasteiger partial charge on any atom is 0.266 e. The van der Waals surface area contributed by atoms with Crippen LogP contribution in [0.25, 0.3) is 0 Å². The smallest absolute Gasteiger partial charge is 0.266 e. The molecule has 0 bridgehead atoms. The van der Waals surface area contributed by atoms with Gasteiger partial charge >= 0.3 is 0 Å². The summed E-state index contributed by atoms with van der Waals surface area (Å²) in [6, 6.07) is 0. The van der Waals surface area contributed by atoms with Gasteiger partial charge in [0.1, 0.15) is 6.23 Å². The molecule has 27 heavy (non-hydrogen) atoms. The minimum atomic E-state index is -4.03. The standard InChI is InChI=1S/C17H29N3O5S2/c1-4-11(2)12(3)14-5-6-15(25-14)20-10-13(16(21)19-17(20)26)9-18-7-8-27(22,23)24/h10-12,14-15,18H,4-9H2,1-3H3,(H,19,21,26)(H,22,23,24)/t11?,12?,14?,15-/m1/s1. The molecule has 3 unspecified atom stereocenters. The van der Waals surface area contributed by atoms with Crippen molar-refractivity contribution < 1.29 is 17.7 Å². The Balaban J connectivity index is 2.07. The van der Waals surface area contributed by atoms with E-state index in [1.165, 1.54) is 0 Å². The highest BCUT2D eigenvalue weighted by atomic mass is 32.2. The van der Waals surface area contributed by atoms with E-state index in [2.05, 4.69) is 31.1 Å². The molecule has 154 valence electrons. The fraction of sp³-hybridized carbons (Fsp3) is 0.765. The van der Waals surface area contributed by atoms with Gasteiger partial charge in [0.05, 0.1) is 11.9 Å². The first-order valence-electron chi connectivity index (χ1n) is 9.28. The third-order valence-electron chi connectivity index (χ3n) is 5.36. The molecule has 0 amide bonds. The van der Waals surface area contributed by atoms with Crippen LogP contribution in [0.5, 0.6) is 0 Å². The number of rotatable bonds is 9. The summed E-state index contributed by atoms with van der Waals surface area (Å²) in [6.07, 6.45) is 4.48. The van der Waals surface area contributed by atoms with Gasteiger partial charge in [0.2, 0.25) is 0 Å². The third kappa shape index (κ3) is 6.21. The molecule has 1 aliphatic rings. The van der Waals surface area contributed by atoms with E-state index in [1.807, 2.05) is 0 Å². The van der Waals surface area contributed by atoms with Crippen molar-refractivity contribution in [1.29, 1.82) is 0 Å². The summed E-state index contributed by atoms with van der Waals surface area (Å²) in [7, 11) is -4.03. The van der Waals surface area contributed by atoms with Crippen molar-refractivity contribution in [2.75, 3.05) is 12.3 Å². The van der Waals surface area contributed by atoms with Crippen molar-refractivity contribution in [2.45, 2.75) is 58.9 Å². The summed E-state index contributed by atoms with van der Waals surface area (Å²) in [4.78, 5) is 14.8. The lowest BCUT2D eigenvalue weighted by molar-refractivity contribution is -0.0342. The van der Waals surface area contributed by atoms with E-state index >= 15 is 0 Å². The lowest BCUT2D eigenvalue weighted by Gasteiger charge is -2.25. The summed E-state index contributed by atoms with van der Waals surface area (Å²) >= 11 is 5.29. The van der Waals surface area contributed by atoms with Crippen molar-refractivity contribution in [3.63, 3.8) is 0 Å². The number of aromatic nitrogens is 2. The number of nitrogens with zero attached hydrogens (tertiary/aromatic N) is 1. The van der Waals surface area contributed by atoms with Crippen LogP contribution < -0.4 is 10.9 Å². The lowest BCUT2D eigenvalue weighted by Crippen LogP contribution is -2.28. The van der Waals surface area contributed by atoms with Crippen LogP contribution in [0.2, 0.25) is 0 Å². The molecule has 4 atom stereocenters. The van der Waals surface area contributed by atoms with E-state index < -0.39 is 15.9 Å². The summed E-state index contributed by atoms with van der Waals surface area (Å²) in [6.45, 7) is 6.82. The van der Waals surface area contributed by atoms with Crippen LogP contribution in [0.4, 0.5) is 0 Å². The lowest BCUT2D eigenvalue weighted by atomic mass is 9.88. The summed E-state index contributed by atoms with van der Waals surface area (Å²) in [5.74, 6) is 0.601. The van der Waals surface area contributed by atoms with Gasteiger partial charge in [-0.2, -0.15) is 8.42 Å². The van der Waals surface area contributed by atoms with Crippen LogP contribution in [0.15, 0.2) is 11.0 Å². The molecular formula is C17H29N3O5S2. The van der Waals surface area contributed by atoms with E-state index in [0.717, 1.165) is 19.3 Å². The summed E-state index contributed by atoms with van der Waals surface area (Å²) in [5, 5.41) is 2.84. The van der Waals surface area contributed by atoms with Gasteiger partial charge in [-0.3, -0.25) is 18.9 Å². The molecule has 10 heteroatoms. The number of aromatic amines is 1. The van der Waals surface area contributed by atoms with E-state index in [9.17, 15) is 13.2 Å². The Kier molecular flexibility index (Phi) is 7.75. The molecule has 1 aromatic heterocycles. The van der Waals surface area contributed by atoms with Gasteiger partial charge in [-0.15, -0.1) is 0 Å². The quantitative estimate of drug-likeness (QED) is 0.319. The van der Waals surface area contributed by atoms with Crippen LogP contribution in [-0.2, 0) is 21.4 Å². The molecular weight excluding hydrogens is 390 g/mol. The highest BCUT2D eigenvalue weighted by Crippen LogP contribution is 2.35. The molecule has 3 N–H and O–H groups in total. The molecule has 2 heterocycles. The second-order valence-electron chi connectivity index (χ2n) is 7.23. The molecule has 1 aromatic rings. The van der Waals surface area contributed by atoms with Gasteiger partial charge in [-0.05, 0) is 36.9 Å². The van der Waals surface area contributed by atoms with Crippen molar-refractivity contribution in [1.82, 2.24) is 14.9 Å². The number of hydrogen-bond donors (Lipinski definition) is 3. The van der Waals surface area contributed by atoms with Gasteiger partial charge in [0.15, 0.2) is 4.77 Å². The summed E-state index contributed by atoms with van der Waals surface area (Å²) in [5.41, 5.74) is 0.110. The Labute approximate surface area is 165 Å². The zero-order chi connectivity index (χ0) is 20.2. The SMILES string of the molecule is CCC(C)C(C)C1CC[C@H](n2cc(CNCCS(=O)(=O)O)c(=O)[nH]c2=S)O1. The van der Waals surface area contributed by atoms with E-state index in [4.69, 9.17) is 21.5 Å². The first-order chi connectivity index (χ1) is 12.6. The second-order valence-corrected chi connectivity index (χ2v) is 9.19. The first-order valence-corrected chi connectivity index (χ1v) is 11.3. The topological polar surface area (TPSA) is 113 Å². The Morgan fingerprint density at radius 3 is 2.78 bits per heavy atom. The van der Waals surface area contributed by atoms with Crippen molar-refractivity contribution in [3.05, 3.63) is 26.9 Å². The fourth-order valence-corrected chi connectivity index (χ4v) is 3.93. The number of H-pyrrole nitrogens is 1. The fourth-order valence-electron chi connectivity index (χ4n) is 3.27. The van der Waals surface area contributed by atoms with Gasteiger partial charge in [-0.25, -0.2) is 0 Å². The van der Waals surface area contributed by atoms with Crippen LogP contribution >= 0.6 is 12.2 Å². The first kappa shape index (κ1) is 22.2. The van der Waals surface area contributed by atoms with E-state index in [0.29, 0.717) is 22.2 Å². The average Bonchev–Trinajstić information content (AvgIpc) is 3.07. The summed E-state index contributed by atoms with van der Waals surface area (Å²) < 4.78 is 38.5. The molecule has 1 fully saturated rings. The molecule has 0 aliphatic carbocycles. The highest BCUT2D eigenvalue weighted by molar-refractivity contribution is 7.85. The molecule has 0 spiro atoms. The van der Waals surface area contributed by atoms with Crippen LogP contribution in [-0.4, -0.2) is 40.9 Å². The maximum absolute atomic E-state index is 12.1. The number of ether oxygens (including phenoxy) is 1. The zero-order valence-electron chi connectivity index (χ0n) is 16.0. The Morgan fingerprint density at radius 1 is 1.44 bits per heavy atom. The molecule has 2 rings (SSSR count). The van der Waals surface area contributed by atoms with Crippen molar-refractivity contribution in [2.24, 2.45) is 11.8 Å². The maximum atomic E-state index is 12.1. The number of nitrogens with one attached hydrogen (secondary N) is 2. The van der Waals surface area contributed by atoms with E-state index in [-0.39, 0.29) is 31.0 Å². The van der Waals surface area contributed by atoms with Gasteiger partial charge in [0, 0.05) is 24.8 Å². The largest absolute Gasteiger partial charge is 0.354 e. The normalized spacial score (nSPS) is 22.7. The Morgan fingerprint density at radius 2 is 2.15 bits per heavy atom. The predicted molar refractivity (Wildman–Crippen MR) is 106 cm³/mol. The molecule has 8 nitrogen and oxygen atoms in total. The van der Waals surface area contributed by atoms with Gasteiger partial charge in [-0.1, -0.05) is 27.2 Å². The zero-order valence-corrected chi connectivity index (χ0v) is 17.6. The van der Waals surface area contributed by atoms with Gasteiger partial charge < -0.3 is 10.1 Å². The minimum Gasteiger partial charge on any atom is -0.354 e. The molecule has 1 aliphatic heterocycles. The van der Waals surface area contributed by atoms with Crippen LogP contribution in [0.1, 0.15) is 51.8 Å². The second kappa shape index (κ2) is 9.42. The molecule has 0 saturated carbocycles. The molecule has 0 aromatic carbocycles. The monoisotopic (exact) mass is 419 g/mol.